The highest BCUT2D eigenvalue weighted by Crippen LogP contribution is 2.27. The van der Waals surface area contributed by atoms with Gasteiger partial charge in [-0.05, 0) is 6.07 Å². The molecule has 15 heavy (non-hydrogen) atoms. The van der Waals surface area contributed by atoms with Crippen LogP contribution in [0.2, 0.25) is 0 Å². The van der Waals surface area contributed by atoms with Crippen LogP contribution in [0.1, 0.15) is 5.69 Å². The van der Waals surface area contributed by atoms with E-state index in [1.54, 1.807) is 0 Å². The van der Waals surface area contributed by atoms with E-state index in [4.69, 9.17) is 6.42 Å². The summed E-state index contributed by atoms with van der Waals surface area (Å²) in [6, 6.07) is 0.813. The molecule has 3 nitrogen and oxygen atoms in total. The van der Waals surface area contributed by atoms with Gasteiger partial charge in [0.2, 0.25) is 5.95 Å². The van der Waals surface area contributed by atoms with E-state index in [-0.39, 0.29) is 12.5 Å². The van der Waals surface area contributed by atoms with Gasteiger partial charge in [-0.15, -0.1) is 6.42 Å². The van der Waals surface area contributed by atoms with Gasteiger partial charge in [-0.25, -0.2) is 9.97 Å². The summed E-state index contributed by atoms with van der Waals surface area (Å²) in [7, 11) is 1.52. The number of terminal acetylenes is 1. The molecule has 0 bridgehead atoms. The molecule has 1 rings (SSSR count). The summed E-state index contributed by atoms with van der Waals surface area (Å²) in [6.07, 6.45) is 1.61. The second-order valence-electron chi connectivity index (χ2n) is 2.80. The number of alkyl halides is 3. The summed E-state index contributed by atoms with van der Waals surface area (Å²) in [5, 5.41) is 0. The van der Waals surface area contributed by atoms with Gasteiger partial charge in [0.25, 0.3) is 0 Å². The van der Waals surface area contributed by atoms with Crippen LogP contribution in [-0.4, -0.2) is 23.6 Å². The molecule has 0 unspecified atom stereocenters. The molecular formula is C9H8F3N3. The van der Waals surface area contributed by atoms with Gasteiger partial charge in [0, 0.05) is 13.2 Å². The minimum absolute atomic E-state index is 0.0391. The van der Waals surface area contributed by atoms with Crippen LogP contribution >= 0.6 is 0 Å². The number of rotatable bonds is 2. The lowest BCUT2D eigenvalue weighted by molar-refractivity contribution is -0.141. The molecule has 0 N–H and O–H groups in total. The van der Waals surface area contributed by atoms with Gasteiger partial charge in [0.15, 0.2) is 0 Å². The Bertz CT molecular complexity index is 381. The minimum atomic E-state index is -4.46. The van der Waals surface area contributed by atoms with Crippen LogP contribution in [0.15, 0.2) is 12.3 Å². The highest BCUT2D eigenvalue weighted by atomic mass is 19.4. The largest absolute Gasteiger partial charge is 0.433 e. The Hall–Kier alpha value is -1.77. The van der Waals surface area contributed by atoms with Crippen molar-refractivity contribution in [3.63, 3.8) is 0 Å². The van der Waals surface area contributed by atoms with Crippen molar-refractivity contribution in [3.05, 3.63) is 18.0 Å². The summed E-state index contributed by atoms with van der Waals surface area (Å²) < 4.78 is 36.8. The van der Waals surface area contributed by atoms with Crippen molar-refractivity contribution < 1.29 is 13.2 Å². The monoisotopic (exact) mass is 215 g/mol. The van der Waals surface area contributed by atoms with Crippen LogP contribution in [0.25, 0.3) is 0 Å². The smallest absolute Gasteiger partial charge is 0.333 e. The second kappa shape index (κ2) is 4.17. The molecule has 0 atom stereocenters. The molecule has 80 valence electrons. The molecule has 0 saturated heterocycles. The Morgan fingerprint density at radius 2 is 2.20 bits per heavy atom. The normalized spacial score (nSPS) is 10.9. The summed E-state index contributed by atoms with van der Waals surface area (Å²) in [5.41, 5.74) is -0.976. The molecule has 0 aromatic carbocycles. The first kappa shape index (κ1) is 11.3. The molecule has 1 heterocycles. The Morgan fingerprint density at radius 3 is 2.73 bits per heavy atom. The lowest BCUT2D eigenvalue weighted by Crippen LogP contribution is -2.21. The standard InChI is InChI=1S/C9H8F3N3/c1-3-6-15(2)8-13-5-4-7(14-8)9(10,11)12/h1,4-5H,6H2,2H3. The van der Waals surface area contributed by atoms with Crippen LogP contribution in [0.3, 0.4) is 0 Å². The lowest BCUT2D eigenvalue weighted by atomic mass is 10.4. The third kappa shape index (κ3) is 2.84. The van der Waals surface area contributed by atoms with E-state index in [1.807, 2.05) is 0 Å². The van der Waals surface area contributed by atoms with Gasteiger partial charge in [0.1, 0.15) is 5.69 Å². The average Bonchev–Trinajstić information content (AvgIpc) is 2.17. The molecule has 1 aromatic heterocycles. The van der Waals surface area contributed by atoms with Crippen LogP contribution < -0.4 is 4.90 Å². The number of hydrogen-bond donors (Lipinski definition) is 0. The van der Waals surface area contributed by atoms with E-state index in [0.717, 1.165) is 12.3 Å². The van der Waals surface area contributed by atoms with Crippen LogP contribution in [0.4, 0.5) is 19.1 Å². The first-order chi connectivity index (χ1) is 6.95. The Kier molecular flexibility index (Phi) is 3.14. The Morgan fingerprint density at radius 1 is 1.53 bits per heavy atom. The van der Waals surface area contributed by atoms with Crippen molar-refractivity contribution in [1.82, 2.24) is 9.97 Å². The molecule has 0 fully saturated rings. The molecule has 0 aliphatic rings. The maximum absolute atomic E-state index is 12.3. The molecule has 0 aliphatic heterocycles. The molecule has 1 aromatic rings. The van der Waals surface area contributed by atoms with E-state index in [0.29, 0.717) is 0 Å². The van der Waals surface area contributed by atoms with Crippen molar-refractivity contribution >= 4 is 5.95 Å². The van der Waals surface area contributed by atoms with Crippen molar-refractivity contribution in [2.45, 2.75) is 6.18 Å². The molecule has 0 spiro atoms. The van der Waals surface area contributed by atoms with Crippen LogP contribution in [0.5, 0.6) is 0 Å². The molecule has 6 heteroatoms. The summed E-state index contributed by atoms with van der Waals surface area (Å²) in [6.45, 7) is 0.154. The predicted octanol–water partition coefficient (Wildman–Crippen LogP) is 1.56. The zero-order valence-corrected chi connectivity index (χ0v) is 7.91. The van der Waals surface area contributed by atoms with Gasteiger partial charge < -0.3 is 4.90 Å². The summed E-state index contributed by atoms with van der Waals surface area (Å²) >= 11 is 0. The third-order valence-corrected chi connectivity index (χ3v) is 1.60. The lowest BCUT2D eigenvalue weighted by Gasteiger charge is -2.14. The van der Waals surface area contributed by atoms with Crippen molar-refractivity contribution in [3.8, 4) is 12.3 Å². The Balaban J connectivity index is 2.99. The average molecular weight is 215 g/mol. The topological polar surface area (TPSA) is 29.0 Å². The highest BCUT2D eigenvalue weighted by Gasteiger charge is 2.32. The van der Waals surface area contributed by atoms with Crippen LogP contribution in [0, 0.1) is 12.3 Å². The maximum Gasteiger partial charge on any atom is 0.433 e. The third-order valence-electron chi connectivity index (χ3n) is 1.60. The fourth-order valence-corrected chi connectivity index (χ4v) is 0.898. The molecule has 0 aliphatic carbocycles. The number of hydrogen-bond acceptors (Lipinski definition) is 3. The van der Waals surface area contributed by atoms with E-state index in [2.05, 4.69) is 15.9 Å². The number of anilines is 1. The van der Waals surface area contributed by atoms with E-state index < -0.39 is 11.9 Å². The minimum Gasteiger partial charge on any atom is -0.333 e. The van der Waals surface area contributed by atoms with Gasteiger partial charge in [-0.1, -0.05) is 5.92 Å². The van der Waals surface area contributed by atoms with Gasteiger partial charge >= 0.3 is 6.18 Å². The van der Waals surface area contributed by atoms with Crippen molar-refractivity contribution in [1.29, 1.82) is 0 Å². The van der Waals surface area contributed by atoms with E-state index >= 15 is 0 Å². The maximum atomic E-state index is 12.3. The van der Waals surface area contributed by atoms with Gasteiger partial charge in [-0.3, -0.25) is 0 Å². The summed E-state index contributed by atoms with van der Waals surface area (Å²) in [5.74, 6) is 2.25. The number of aromatic nitrogens is 2. The predicted molar refractivity (Wildman–Crippen MR) is 49.1 cm³/mol. The fraction of sp³-hybridized carbons (Fsp3) is 0.333. The van der Waals surface area contributed by atoms with Crippen molar-refractivity contribution in [2.75, 3.05) is 18.5 Å². The zero-order chi connectivity index (χ0) is 11.5. The molecule has 0 saturated carbocycles. The van der Waals surface area contributed by atoms with Crippen molar-refractivity contribution in [2.24, 2.45) is 0 Å². The van der Waals surface area contributed by atoms with E-state index in [1.165, 1.54) is 11.9 Å². The number of halogens is 3. The second-order valence-corrected chi connectivity index (χ2v) is 2.80. The fourth-order valence-electron chi connectivity index (χ4n) is 0.898. The zero-order valence-electron chi connectivity index (χ0n) is 7.91. The van der Waals surface area contributed by atoms with E-state index in [9.17, 15) is 13.2 Å². The van der Waals surface area contributed by atoms with Crippen LogP contribution in [-0.2, 0) is 6.18 Å². The Labute approximate surface area is 85.0 Å². The SMILES string of the molecule is C#CCN(C)c1nccc(C(F)(F)F)n1. The first-order valence-electron chi connectivity index (χ1n) is 4.00. The quantitative estimate of drug-likeness (QED) is 0.701. The molecule has 0 amide bonds. The number of nitrogens with zero attached hydrogens (tertiary/aromatic N) is 3. The van der Waals surface area contributed by atoms with Gasteiger partial charge in [0.05, 0.1) is 6.54 Å². The van der Waals surface area contributed by atoms with Gasteiger partial charge in [-0.2, -0.15) is 13.2 Å². The highest BCUT2D eigenvalue weighted by molar-refractivity contribution is 5.31. The molecular weight excluding hydrogens is 207 g/mol. The summed E-state index contributed by atoms with van der Waals surface area (Å²) in [4.78, 5) is 8.40. The molecule has 0 radical (unpaired) electrons. The first-order valence-corrected chi connectivity index (χ1v) is 4.00.